The molecule has 10 nitrogen and oxygen atoms in total. The van der Waals surface area contributed by atoms with Gasteiger partial charge in [-0.05, 0) is 46.4 Å². The van der Waals surface area contributed by atoms with Crippen molar-refractivity contribution in [2.24, 2.45) is 5.92 Å². The van der Waals surface area contributed by atoms with Gasteiger partial charge in [0.1, 0.15) is 0 Å². The van der Waals surface area contributed by atoms with Crippen LogP contribution in [0.3, 0.4) is 0 Å². The Balaban J connectivity index is 2.37. The first kappa shape index (κ1) is 29.7. The number of aliphatic hydroxyl groups excluding tert-OH is 1. The van der Waals surface area contributed by atoms with Crippen LogP contribution < -0.4 is 5.32 Å². The summed E-state index contributed by atoms with van der Waals surface area (Å²) in [6, 6.07) is 0. The molecule has 33 heavy (non-hydrogen) atoms. The molecule has 0 heterocycles. The number of carboxylic acid groups (broad SMARTS) is 2. The Morgan fingerprint density at radius 3 is 1.88 bits per heavy atom. The third kappa shape index (κ3) is 16.0. The summed E-state index contributed by atoms with van der Waals surface area (Å²) in [5.41, 5.74) is 0. The number of nitrogens with one attached hydrogen (secondary N) is 1. The molecule has 0 bridgehead atoms. The van der Waals surface area contributed by atoms with Gasteiger partial charge in [0.05, 0.1) is 19.2 Å². The summed E-state index contributed by atoms with van der Waals surface area (Å²) in [7, 11) is 5.80. The lowest BCUT2D eigenvalue weighted by Crippen LogP contribution is -2.45. The highest BCUT2D eigenvalue weighted by Crippen LogP contribution is 2.22. The minimum absolute atomic E-state index is 0.0608. The summed E-state index contributed by atoms with van der Waals surface area (Å²) in [6.45, 7) is 5.39. The van der Waals surface area contributed by atoms with Crippen LogP contribution in [-0.4, -0.2) is 146 Å². The van der Waals surface area contributed by atoms with Crippen LogP contribution in [0.1, 0.15) is 32.1 Å². The molecule has 1 aliphatic rings. The van der Waals surface area contributed by atoms with Gasteiger partial charge in [-0.3, -0.25) is 19.4 Å². The lowest BCUT2D eigenvalue weighted by atomic mass is 9.89. The molecule has 0 spiro atoms. The standard InChI is InChI=1S/C23H47N5O5/c1-25(2)9-11-27(18-22(30)31)13-14-28(19-23(32)33)12-10-26(3)17-21(29)16-24-15-20-7-5-4-6-8-20/h20-21,24,29H,4-19H2,1-3H3,(H,30,31)(H,32,33). The number of aliphatic hydroxyl groups is 1. The van der Waals surface area contributed by atoms with Crippen molar-refractivity contribution < 1.29 is 24.9 Å². The molecule has 0 aromatic rings. The predicted octanol–water partition coefficient (Wildman–Crippen LogP) is -0.216. The van der Waals surface area contributed by atoms with Crippen molar-refractivity contribution in [2.75, 3.05) is 93.1 Å². The first-order chi connectivity index (χ1) is 15.7. The zero-order valence-electron chi connectivity index (χ0n) is 20.9. The summed E-state index contributed by atoms with van der Waals surface area (Å²) in [4.78, 5) is 30.1. The quantitative estimate of drug-likeness (QED) is 0.200. The highest BCUT2D eigenvalue weighted by molar-refractivity contribution is 5.69. The maximum absolute atomic E-state index is 11.3. The van der Waals surface area contributed by atoms with Crippen molar-refractivity contribution in [1.29, 1.82) is 0 Å². The summed E-state index contributed by atoms with van der Waals surface area (Å²) < 4.78 is 0. The Kier molecular flexibility index (Phi) is 15.5. The normalized spacial score (nSPS) is 16.2. The number of hydrogen-bond acceptors (Lipinski definition) is 8. The van der Waals surface area contributed by atoms with E-state index >= 15 is 0 Å². The third-order valence-corrected chi connectivity index (χ3v) is 6.17. The highest BCUT2D eigenvalue weighted by atomic mass is 16.4. The Morgan fingerprint density at radius 2 is 1.36 bits per heavy atom. The molecule has 0 radical (unpaired) electrons. The van der Waals surface area contributed by atoms with Crippen molar-refractivity contribution >= 4 is 11.9 Å². The van der Waals surface area contributed by atoms with E-state index in [2.05, 4.69) is 5.32 Å². The summed E-state index contributed by atoms with van der Waals surface area (Å²) in [6.07, 6.45) is 6.06. The molecule has 1 aliphatic carbocycles. The van der Waals surface area contributed by atoms with Crippen LogP contribution in [0.4, 0.5) is 0 Å². The topological polar surface area (TPSA) is 120 Å². The van der Waals surface area contributed by atoms with Gasteiger partial charge in [0.2, 0.25) is 0 Å². The van der Waals surface area contributed by atoms with E-state index in [-0.39, 0.29) is 13.1 Å². The van der Waals surface area contributed by atoms with Crippen LogP contribution in [0.5, 0.6) is 0 Å². The van der Waals surface area contributed by atoms with Gasteiger partial charge in [-0.15, -0.1) is 0 Å². The maximum atomic E-state index is 11.3. The molecule has 1 fully saturated rings. The number of hydrogen-bond donors (Lipinski definition) is 4. The Bertz CT molecular complexity index is 545. The molecule has 4 N–H and O–H groups in total. The van der Waals surface area contributed by atoms with E-state index in [0.717, 1.165) is 19.0 Å². The van der Waals surface area contributed by atoms with E-state index in [9.17, 15) is 19.8 Å². The largest absolute Gasteiger partial charge is 0.480 e. The van der Waals surface area contributed by atoms with E-state index in [0.29, 0.717) is 45.8 Å². The number of carbonyl (C=O) groups is 2. The number of carboxylic acids is 2. The first-order valence-electron chi connectivity index (χ1n) is 12.3. The summed E-state index contributed by atoms with van der Waals surface area (Å²) in [5, 5.41) is 32.2. The fraction of sp³-hybridized carbons (Fsp3) is 0.913. The molecule has 10 heteroatoms. The minimum Gasteiger partial charge on any atom is -0.480 e. The number of rotatable bonds is 19. The molecule has 0 aromatic carbocycles. The van der Waals surface area contributed by atoms with Gasteiger partial charge < -0.3 is 30.4 Å². The lowest BCUT2D eigenvalue weighted by molar-refractivity contribution is -0.140. The second-order valence-corrected chi connectivity index (χ2v) is 9.72. The fourth-order valence-corrected chi connectivity index (χ4v) is 4.22. The Morgan fingerprint density at radius 1 is 0.848 bits per heavy atom. The van der Waals surface area contributed by atoms with Crippen LogP contribution in [0, 0.1) is 5.92 Å². The zero-order chi connectivity index (χ0) is 24.6. The molecular weight excluding hydrogens is 426 g/mol. The van der Waals surface area contributed by atoms with E-state index in [4.69, 9.17) is 5.11 Å². The first-order valence-corrected chi connectivity index (χ1v) is 12.3. The predicted molar refractivity (Wildman–Crippen MR) is 130 cm³/mol. The molecule has 1 saturated carbocycles. The summed E-state index contributed by atoms with van der Waals surface area (Å²) >= 11 is 0. The van der Waals surface area contributed by atoms with E-state index in [1.807, 2.05) is 40.7 Å². The molecule has 1 rings (SSSR count). The SMILES string of the molecule is CN(C)CCN(CCN(CCN(C)CC(O)CNCC1CCCCC1)CC(=O)O)CC(=O)O. The smallest absolute Gasteiger partial charge is 0.317 e. The molecular formula is C23H47N5O5. The van der Waals surface area contributed by atoms with Crippen molar-refractivity contribution in [3.8, 4) is 0 Å². The molecule has 0 amide bonds. The molecule has 194 valence electrons. The van der Waals surface area contributed by atoms with Crippen molar-refractivity contribution in [2.45, 2.75) is 38.2 Å². The molecule has 0 saturated heterocycles. The van der Waals surface area contributed by atoms with E-state index in [1.54, 1.807) is 0 Å². The number of likely N-dealkylation sites (N-methyl/N-ethyl adjacent to an activating group) is 2. The van der Waals surface area contributed by atoms with Gasteiger partial charge in [0.25, 0.3) is 0 Å². The molecule has 0 aromatic heterocycles. The third-order valence-electron chi connectivity index (χ3n) is 6.17. The molecule has 1 atom stereocenters. The van der Waals surface area contributed by atoms with Crippen molar-refractivity contribution in [1.82, 2.24) is 24.9 Å². The van der Waals surface area contributed by atoms with Gasteiger partial charge in [-0.2, -0.15) is 0 Å². The number of aliphatic carboxylic acids is 2. The monoisotopic (exact) mass is 473 g/mol. The van der Waals surface area contributed by atoms with Crippen molar-refractivity contribution in [3.05, 3.63) is 0 Å². The average Bonchev–Trinajstić information content (AvgIpc) is 2.73. The van der Waals surface area contributed by atoms with Crippen LogP contribution in [0.2, 0.25) is 0 Å². The highest BCUT2D eigenvalue weighted by Gasteiger charge is 2.17. The van der Waals surface area contributed by atoms with E-state index < -0.39 is 18.0 Å². The van der Waals surface area contributed by atoms with Gasteiger partial charge in [0, 0.05) is 52.4 Å². The van der Waals surface area contributed by atoms with Crippen LogP contribution in [0.25, 0.3) is 0 Å². The fourth-order valence-electron chi connectivity index (χ4n) is 4.22. The second-order valence-electron chi connectivity index (χ2n) is 9.72. The Hall–Kier alpha value is -1.30. The molecule has 0 aliphatic heterocycles. The van der Waals surface area contributed by atoms with Gasteiger partial charge in [-0.1, -0.05) is 19.3 Å². The number of nitrogens with zero attached hydrogens (tertiary/aromatic N) is 4. The van der Waals surface area contributed by atoms with Gasteiger partial charge >= 0.3 is 11.9 Å². The lowest BCUT2D eigenvalue weighted by Gasteiger charge is -2.28. The van der Waals surface area contributed by atoms with Crippen LogP contribution >= 0.6 is 0 Å². The van der Waals surface area contributed by atoms with Gasteiger partial charge in [0.15, 0.2) is 0 Å². The summed E-state index contributed by atoms with van der Waals surface area (Å²) in [5.74, 6) is -1.06. The van der Waals surface area contributed by atoms with Crippen LogP contribution in [0.15, 0.2) is 0 Å². The van der Waals surface area contributed by atoms with Crippen LogP contribution in [-0.2, 0) is 9.59 Å². The van der Waals surface area contributed by atoms with Crippen molar-refractivity contribution in [3.63, 3.8) is 0 Å². The average molecular weight is 474 g/mol. The zero-order valence-corrected chi connectivity index (χ0v) is 20.9. The van der Waals surface area contributed by atoms with E-state index in [1.165, 1.54) is 32.1 Å². The minimum atomic E-state index is -0.900. The molecule has 1 unspecified atom stereocenters. The second kappa shape index (κ2) is 17.2. The Labute approximate surface area is 199 Å². The van der Waals surface area contributed by atoms with Gasteiger partial charge in [-0.25, -0.2) is 0 Å². The maximum Gasteiger partial charge on any atom is 0.317 e.